The second kappa shape index (κ2) is 6.15. The third kappa shape index (κ3) is 2.49. The van der Waals surface area contributed by atoms with Gasteiger partial charge in [0.2, 0.25) is 0 Å². The molecule has 1 atom stereocenters. The van der Waals surface area contributed by atoms with Crippen LogP contribution in [0.1, 0.15) is 32.6 Å². The normalized spacial score (nSPS) is 23.9. The number of hydrogen-bond acceptors (Lipinski definition) is 4. The van der Waals surface area contributed by atoms with Gasteiger partial charge in [0.25, 0.3) is 5.91 Å². The SMILES string of the molecule is CCCCC[C@@]1(C(OC)OC)NC(=O)N(C)C1=O. The van der Waals surface area contributed by atoms with Gasteiger partial charge in [0.15, 0.2) is 11.8 Å². The van der Waals surface area contributed by atoms with Crippen LogP contribution in [-0.2, 0) is 14.3 Å². The van der Waals surface area contributed by atoms with Crippen molar-refractivity contribution < 1.29 is 19.1 Å². The van der Waals surface area contributed by atoms with Gasteiger partial charge in [-0.1, -0.05) is 26.2 Å². The van der Waals surface area contributed by atoms with Crippen molar-refractivity contribution in [2.24, 2.45) is 0 Å². The molecule has 0 saturated carbocycles. The summed E-state index contributed by atoms with van der Waals surface area (Å²) in [5.74, 6) is -0.294. The van der Waals surface area contributed by atoms with Crippen molar-refractivity contribution in [1.29, 1.82) is 0 Å². The van der Waals surface area contributed by atoms with Gasteiger partial charge in [0.05, 0.1) is 0 Å². The van der Waals surface area contributed by atoms with Gasteiger partial charge >= 0.3 is 6.03 Å². The monoisotopic (exact) mass is 258 g/mol. The standard InChI is InChI=1S/C12H22N2O4/c1-5-6-7-8-12(10(17-3)18-4)9(15)14(2)11(16)13-12/h10H,5-8H2,1-4H3,(H,13,16)/t12-/m1/s1. The molecule has 0 radical (unpaired) electrons. The van der Waals surface area contributed by atoms with E-state index in [1.165, 1.54) is 21.3 Å². The van der Waals surface area contributed by atoms with E-state index < -0.39 is 17.9 Å². The van der Waals surface area contributed by atoms with E-state index in [0.717, 1.165) is 24.2 Å². The zero-order valence-corrected chi connectivity index (χ0v) is 11.5. The van der Waals surface area contributed by atoms with Crippen molar-refractivity contribution in [1.82, 2.24) is 10.2 Å². The highest BCUT2D eigenvalue weighted by Crippen LogP contribution is 2.29. The van der Waals surface area contributed by atoms with E-state index >= 15 is 0 Å². The van der Waals surface area contributed by atoms with Crippen molar-refractivity contribution in [3.63, 3.8) is 0 Å². The first-order valence-corrected chi connectivity index (χ1v) is 6.19. The lowest BCUT2D eigenvalue weighted by Crippen LogP contribution is -2.57. The number of imide groups is 1. The lowest BCUT2D eigenvalue weighted by molar-refractivity contribution is -0.169. The third-order valence-corrected chi connectivity index (χ3v) is 3.33. The zero-order chi connectivity index (χ0) is 13.8. The van der Waals surface area contributed by atoms with Gasteiger partial charge in [-0.05, 0) is 6.42 Å². The summed E-state index contributed by atoms with van der Waals surface area (Å²) in [6.45, 7) is 2.08. The highest BCUT2D eigenvalue weighted by molar-refractivity contribution is 6.07. The van der Waals surface area contributed by atoms with Crippen LogP contribution in [0.15, 0.2) is 0 Å². The third-order valence-electron chi connectivity index (χ3n) is 3.33. The van der Waals surface area contributed by atoms with Crippen LogP contribution in [0.2, 0.25) is 0 Å². The number of hydrogen-bond donors (Lipinski definition) is 1. The van der Waals surface area contributed by atoms with Gasteiger partial charge in [-0.25, -0.2) is 4.79 Å². The summed E-state index contributed by atoms with van der Waals surface area (Å²) in [4.78, 5) is 25.0. The maximum atomic E-state index is 12.3. The summed E-state index contributed by atoms with van der Waals surface area (Å²) in [7, 11) is 4.39. The van der Waals surface area contributed by atoms with Crippen molar-refractivity contribution in [2.75, 3.05) is 21.3 Å². The van der Waals surface area contributed by atoms with E-state index in [2.05, 4.69) is 12.2 Å². The molecule has 0 spiro atoms. The number of urea groups is 1. The topological polar surface area (TPSA) is 67.9 Å². The Morgan fingerprint density at radius 2 is 1.89 bits per heavy atom. The smallest absolute Gasteiger partial charge is 0.324 e. The Labute approximate surface area is 108 Å². The van der Waals surface area contributed by atoms with Crippen molar-refractivity contribution in [3.05, 3.63) is 0 Å². The predicted octanol–water partition coefficient (Wildman–Crippen LogP) is 1.11. The minimum Gasteiger partial charge on any atom is -0.353 e. The fourth-order valence-corrected chi connectivity index (χ4v) is 2.32. The Morgan fingerprint density at radius 3 is 2.28 bits per heavy atom. The number of nitrogens with one attached hydrogen (secondary N) is 1. The molecular weight excluding hydrogens is 236 g/mol. The minimum absolute atomic E-state index is 0.294. The first-order valence-electron chi connectivity index (χ1n) is 6.19. The van der Waals surface area contributed by atoms with Gasteiger partial charge in [-0.3, -0.25) is 9.69 Å². The van der Waals surface area contributed by atoms with Crippen LogP contribution in [0, 0.1) is 0 Å². The molecule has 18 heavy (non-hydrogen) atoms. The molecule has 1 saturated heterocycles. The molecule has 0 unspecified atom stereocenters. The van der Waals surface area contributed by atoms with Gasteiger partial charge in [0.1, 0.15) is 0 Å². The molecule has 1 rings (SSSR count). The van der Waals surface area contributed by atoms with E-state index in [-0.39, 0.29) is 5.91 Å². The van der Waals surface area contributed by atoms with Crippen LogP contribution in [0.5, 0.6) is 0 Å². The number of methoxy groups -OCH3 is 2. The van der Waals surface area contributed by atoms with Crippen LogP contribution in [-0.4, -0.2) is 49.9 Å². The van der Waals surface area contributed by atoms with Crippen molar-refractivity contribution >= 4 is 11.9 Å². The van der Waals surface area contributed by atoms with Crippen LogP contribution in [0.25, 0.3) is 0 Å². The first kappa shape index (κ1) is 14.9. The highest BCUT2D eigenvalue weighted by Gasteiger charge is 2.55. The Morgan fingerprint density at radius 1 is 1.28 bits per heavy atom. The average Bonchev–Trinajstić information content (AvgIpc) is 2.57. The van der Waals surface area contributed by atoms with E-state index in [1.54, 1.807) is 0 Å². The number of rotatable bonds is 7. The lowest BCUT2D eigenvalue weighted by atomic mass is 9.91. The van der Waals surface area contributed by atoms with Crippen molar-refractivity contribution in [2.45, 2.75) is 44.4 Å². The first-order chi connectivity index (χ1) is 8.53. The van der Waals surface area contributed by atoms with Gasteiger partial charge < -0.3 is 14.8 Å². The van der Waals surface area contributed by atoms with Crippen LogP contribution in [0.4, 0.5) is 4.79 Å². The largest absolute Gasteiger partial charge is 0.353 e. The highest BCUT2D eigenvalue weighted by atomic mass is 16.7. The van der Waals surface area contributed by atoms with Crippen LogP contribution in [0.3, 0.4) is 0 Å². The van der Waals surface area contributed by atoms with E-state index in [4.69, 9.17) is 9.47 Å². The molecule has 1 fully saturated rings. The molecule has 0 aromatic heterocycles. The summed E-state index contributed by atoms with van der Waals surface area (Å²) >= 11 is 0. The number of amides is 3. The number of nitrogens with zero attached hydrogens (tertiary/aromatic N) is 1. The number of ether oxygens (including phenoxy) is 2. The van der Waals surface area contributed by atoms with Gasteiger partial charge in [-0.15, -0.1) is 0 Å². The molecule has 6 nitrogen and oxygen atoms in total. The number of carbonyl (C=O) groups is 2. The number of unbranched alkanes of at least 4 members (excludes halogenated alkanes) is 2. The number of likely N-dealkylation sites (N-methyl/N-ethyl adjacent to an activating group) is 1. The fraction of sp³-hybridized carbons (Fsp3) is 0.833. The Balaban J connectivity index is 2.94. The van der Waals surface area contributed by atoms with Crippen LogP contribution < -0.4 is 5.32 Å². The second-order valence-corrected chi connectivity index (χ2v) is 4.53. The van der Waals surface area contributed by atoms with E-state index in [1.807, 2.05) is 0 Å². The average molecular weight is 258 g/mol. The quantitative estimate of drug-likeness (QED) is 0.422. The Kier molecular flexibility index (Phi) is 5.10. The summed E-state index contributed by atoms with van der Waals surface area (Å²) in [5, 5.41) is 2.72. The molecule has 1 N–H and O–H groups in total. The summed E-state index contributed by atoms with van der Waals surface area (Å²) in [6, 6.07) is -0.407. The summed E-state index contributed by atoms with van der Waals surface area (Å²) in [6.07, 6.45) is 2.62. The predicted molar refractivity (Wildman–Crippen MR) is 66.0 cm³/mol. The Hall–Kier alpha value is -1.14. The zero-order valence-electron chi connectivity index (χ0n) is 11.5. The summed E-state index contributed by atoms with van der Waals surface area (Å²) in [5.41, 5.74) is -1.09. The van der Waals surface area contributed by atoms with Gasteiger partial charge in [-0.2, -0.15) is 0 Å². The van der Waals surface area contributed by atoms with E-state index in [0.29, 0.717) is 6.42 Å². The molecule has 1 aliphatic rings. The maximum absolute atomic E-state index is 12.3. The molecule has 1 heterocycles. The molecule has 0 aliphatic carbocycles. The molecule has 1 aliphatic heterocycles. The second-order valence-electron chi connectivity index (χ2n) is 4.53. The molecular formula is C12H22N2O4. The van der Waals surface area contributed by atoms with Crippen LogP contribution >= 0.6 is 0 Å². The Bertz CT molecular complexity index is 317. The van der Waals surface area contributed by atoms with Crippen molar-refractivity contribution in [3.8, 4) is 0 Å². The van der Waals surface area contributed by atoms with Gasteiger partial charge in [0, 0.05) is 21.3 Å². The molecule has 0 aromatic rings. The molecule has 6 heteroatoms. The molecule has 3 amide bonds. The lowest BCUT2D eigenvalue weighted by Gasteiger charge is -2.32. The fourth-order valence-electron chi connectivity index (χ4n) is 2.32. The molecule has 104 valence electrons. The minimum atomic E-state index is -1.09. The molecule has 0 bridgehead atoms. The molecule has 0 aromatic carbocycles. The van der Waals surface area contributed by atoms with E-state index in [9.17, 15) is 9.59 Å². The summed E-state index contributed by atoms with van der Waals surface area (Å²) < 4.78 is 10.4. The maximum Gasteiger partial charge on any atom is 0.324 e. The number of carbonyl (C=O) groups excluding carboxylic acids is 2.